The highest BCUT2D eigenvalue weighted by Crippen LogP contribution is 2.19. The topological polar surface area (TPSA) is 113 Å². The lowest BCUT2D eigenvalue weighted by molar-refractivity contribution is -0.124. The van der Waals surface area contributed by atoms with Crippen LogP contribution >= 0.6 is 0 Å². The molecule has 0 heterocycles. The van der Waals surface area contributed by atoms with Crippen LogP contribution < -0.4 is 11.1 Å². The summed E-state index contributed by atoms with van der Waals surface area (Å²) in [7, 11) is 0. The Morgan fingerprint density at radius 1 is 1.26 bits per heavy atom. The van der Waals surface area contributed by atoms with Gasteiger partial charge in [-0.1, -0.05) is 12.1 Å². The fraction of sp³-hybridized carbons (Fsp3) is 0.385. The van der Waals surface area contributed by atoms with E-state index in [-0.39, 0.29) is 24.7 Å². The lowest BCUT2D eigenvalue weighted by atomic mass is 10.0. The second kappa shape index (κ2) is 6.98. The summed E-state index contributed by atoms with van der Waals surface area (Å²) in [6.07, 6.45) is -2.26. The Balaban J connectivity index is 2.66. The maximum Gasteiger partial charge on any atom is 0.231 e. The molecule has 0 aliphatic heterocycles. The van der Waals surface area contributed by atoms with Crippen LogP contribution in [0.4, 0.5) is 5.69 Å². The Hall–Kier alpha value is -1.76. The van der Waals surface area contributed by atoms with Gasteiger partial charge in [-0.05, 0) is 24.6 Å². The molecule has 5 N–H and O–H groups in total. The fourth-order valence-electron chi connectivity index (χ4n) is 1.55. The quantitative estimate of drug-likeness (QED) is 0.539. The van der Waals surface area contributed by atoms with Gasteiger partial charge in [0.25, 0.3) is 0 Å². The molecule has 6 heteroatoms. The summed E-state index contributed by atoms with van der Waals surface area (Å²) >= 11 is 0. The van der Waals surface area contributed by atoms with Crippen LogP contribution in [0, 0.1) is 0 Å². The number of rotatable bonds is 6. The zero-order valence-electron chi connectivity index (χ0n) is 10.7. The maximum absolute atomic E-state index is 11.4. The number of carbonyl (C=O) groups excluding carboxylic acids is 2. The van der Waals surface area contributed by atoms with E-state index in [0.717, 1.165) is 0 Å². The molecule has 0 aromatic heterocycles. The molecule has 2 unspecified atom stereocenters. The largest absolute Gasteiger partial charge is 0.389 e. The third-order valence-electron chi connectivity index (χ3n) is 2.55. The third kappa shape index (κ3) is 4.78. The summed E-state index contributed by atoms with van der Waals surface area (Å²) in [6, 6.07) is 6.32. The molecule has 0 bridgehead atoms. The predicted molar refractivity (Wildman–Crippen MR) is 70.4 cm³/mol. The van der Waals surface area contributed by atoms with Gasteiger partial charge in [-0.15, -0.1) is 0 Å². The van der Waals surface area contributed by atoms with Crippen LogP contribution in [0.15, 0.2) is 24.3 Å². The minimum atomic E-state index is -1.06. The van der Waals surface area contributed by atoms with Gasteiger partial charge in [-0.2, -0.15) is 0 Å². The number of hydrogen-bond donors (Lipinski definition) is 4. The summed E-state index contributed by atoms with van der Waals surface area (Å²) < 4.78 is 0. The molecule has 19 heavy (non-hydrogen) atoms. The van der Waals surface area contributed by atoms with E-state index in [1.54, 1.807) is 24.3 Å². The van der Waals surface area contributed by atoms with E-state index >= 15 is 0 Å². The van der Waals surface area contributed by atoms with Crippen molar-refractivity contribution >= 4 is 17.4 Å². The molecular formula is C13H18N2O4. The number of carbonyl (C=O) groups is 2. The zero-order chi connectivity index (χ0) is 14.4. The smallest absolute Gasteiger partial charge is 0.231 e. The van der Waals surface area contributed by atoms with Gasteiger partial charge in [0.1, 0.15) is 11.9 Å². The highest BCUT2D eigenvalue weighted by molar-refractivity contribution is 6.03. The van der Waals surface area contributed by atoms with Crippen LogP contribution in [0.3, 0.4) is 0 Å². The Kier molecular flexibility index (Phi) is 5.62. The summed E-state index contributed by atoms with van der Waals surface area (Å²) in [6.45, 7) is 1.30. The number of anilines is 1. The Morgan fingerprint density at radius 2 is 1.84 bits per heavy atom. The molecule has 0 spiro atoms. The van der Waals surface area contributed by atoms with Crippen LogP contribution in [0.5, 0.6) is 0 Å². The number of ketones is 1. The first-order valence-electron chi connectivity index (χ1n) is 5.89. The van der Waals surface area contributed by atoms with Gasteiger partial charge >= 0.3 is 0 Å². The molecule has 0 radical (unpaired) electrons. The highest BCUT2D eigenvalue weighted by atomic mass is 16.3. The SMILES string of the molecule is CC(=O)CC(=O)Nc1ccc(C(O)C(O)CN)cc1. The lowest BCUT2D eigenvalue weighted by Gasteiger charge is -2.16. The third-order valence-corrected chi connectivity index (χ3v) is 2.55. The maximum atomic E-state index is 11.4. The van der Waals surface area contributed by atoms with Crippen molar-refractivity contribution in [3.05, 3.63) is 29.8 Å². The average molecular weight is 266 g/mol. The van der Waals surface area contributed by atoms with E-state index in [4.69, 9.17) is 5.73 Å². The molecule has 1 aromatic rings. The molecule has 6 nitrogen and oxygen atoms in total. The van der Waals surface area contributed by atoms with Gasteiger partial charge in [0, 0.05) is 12.2 Å². The van der Waals surface area contributed by atoms with E-state index in [2.05, 4.69) is 5.32 Å². The van der Waals surface area contributed by atoms with E-state index in [1.165, 1.54) is 6.92 Å². The van der Waals surface area contributed by atoms with Gasteiger partial charge in [0.05, 0.1) is 12.5 Å². The predicted octanol–water partition coefficient (Wildman–Crippen LogP) is -0.0428. The van der Waals surface area contributed by atoms with Crippen LogP contribution in [0.25, 0.3) is 0 Å². The van der Waals surface area contributed by atoms with Gasteiger partial charge in [-0.3, -0.25) is 9.59 Å². The normalized spacial score (nSPS) is 13.7. The molecule has 1 rings (SSSR count). The summed E-state index contributed by atoms with van der Waals surface area (Å²) in [4.78, 5) is 22.1. The monoisotopic (exact) mass is 266 g/mol. The number of nitrogens with one attached hydrogen (secondary N) is 1. The van der Waals surface area contributed by atoms with Crippen molar-refractivity contribution in [3.8, 4) is 0 Å². The fourth-order valence-corrected chi connectivity index (χ4v) is 1.55. The van der Waals surface area contributed by atoms with Gasteiger partial charge in [0.15, 0.2) is 0 Å². The minimum Gasteiger partial charge on any atom is -0.389 e. The molecule has 1 amide bonds. The van der Waals surface area contributed by atoms with Crippen molar-refractivity contribution in [1.29, 1.82) is 0 Å². The van der Waals surface area contributed by atoms with Crippen LogP contribution in [0.1, 0.15) is 25.0 Å². The first kappa shape index (κ1) is 15.3. The van der Waals surface area contributed by atoms with Crippen molar-refractivity contribution in [2.45, 2.75) is 25.6 Å². The second-order valence-electron chi connectivity index (χ2n) is 4.30. The van der Waals surface area contributed by atoms with E-state index in [9.17, 15) is 19.8 Å². The molecule has 0 saturated heterocycles. The number of Topliss-reactive ketones (excluding diaryl/α,β-unsaturated/α-hetero) is 1. The van der Waals surface area contributed by atoms with Gasteiger partial charge in [-0.25, -0.2) is 0 Å². The number of benzene rings is 1. The Labute approximate surface area is 111 Å². The number of aliphatic hydroxyl groups excluding tert-OH is 2. The van der Waals surface area contributed by atoms with E-state index < -0.39 is 12.2 Å². The number of aliphatic hydroxyl groups is 2. The highest BCUT2D eigenvalue weighted by Gasteiger charge is 2.16. The first-order valence-corrected chi connectivity index (χ1v) is 5.89. The molecule has 0 fully saturated rings. The molecule has 0 aliphatic rings. The van der Waals surface area contributed by atoms with Crippen molar-refractivity contribution in [2.24, 2.45) is 5.73 Å². The van der Waals surface area contributed by atoms with Crippen molar-refractivity contribution in [2.75, 3.05) is 11.9 Å². The minimum absolute atomic E-state index is 0.0434. The summed E-state index contributed by atoms with van der Waals surface area (Å²) in [5.74, 6) is -0.599. The Morgan fingerprint density at radius 3 is 2.32 bits per heavy atom. The second-order valence-corrected chi connectivity index (χ2v) is 4.30. The average Bonchev–Trinajstić information content (AvgIpc) is 2.36. The van der Waals surface area contributed by atoms with Gasteiger partial charge in [0.2, 0.25) is 5.91 Å². The van der Waals surface area contributed by atoms with Crippen LogP contribution in [-0.4, -0.2) is 34.6 Å². The number of amides is 1. The van der Waals surface area contributed by atoms with Crippen molar-refractivity contribution < 1.29 is 19.8 Å². The molecule has 1 aromatic carbocycles. The molecule has 104 valence electrons. The lowest BCUT2D eigenvalue weighted by Crippen LogP contribution is -2.27. The summed E-state index contributed by atoms with van der Waals surface area (Å²) in [5, 5.41) is 21.7. The molecular weight excluding hydrogens is 248 g/mol. The standard InChI is InChI=1S/C13H18N2O4/c1-8(16)6-12(18)15-10-4-2-9(3-5-10)13(19)11(17)7-14/h2-5,11,13,17,19H,6-7,14H2,1H3,(H,15,18). The van der Waals surface area contributed by atoms with Gasteiger partial charge < -0.3 is 21.3 Å². The van der Waals surface area contributed by atoms with E-state index in [1.807, 2.05) is 0 Å². The zero-order valence-corrected chi connectivity index (χ0v) is 10.7. The van der Waals surface area contributed by atoms with Crippen molar-refractivity contribution in [3.63, 3.8) is 0 Å². The van der Waals surface area contributed by atoms with Crippen molar-refractivity contribution in [1.82, 2.24) is 0 Å². The van der Waals surface area contributed by atoms with Crippen LogP contribution in [0.2, 0.25) is 0 Å². The number of hydrogen-bond acceptors (Lipinski definition) is 5. The van der Waals surface area contributed by atoms with E-state index in [0.29, 0.717) is 11.3 Å². The Bertz CT molecular complexity index is 444. The van der Waals surface area contributed by atoms with Crippen LogP contribution in [-0.2, 0) is 9.59 Å². The first-order chi connectivity index (χ1) is 8.93. The summed E-state index contributed by atoms with van der Waals surface area (Å²) in [5.41, 5.74) is 6.27. The molecule has 2 atom stereocenters. The molecule has 0 aliphatic carbocycles. The molecule has 0 saturated carbocycles. The number of nitrogens with two attached hydrogens (primary N) is 1.